The van der Waals surface area contributed by atoms with E-state index < -0.39 is 11.9 Å². The zero-order valence-corrected chi connectivity index (χ0v) is 16.1. The Morgan fingerprint density at radius 2 is 0.967 bits per heavy atom. The molecule has 0 fully saturated rings. The van der Waals surface area contributed by atoms with Gasteiger partial charge < -0.3 is 39.6 Å². The Morgan fingerprint density at radius 3 is 1.30 bits per heavy atom. The lowest BCUT2D eigenvalue weighted by Gasteiger charge is -2.08. The van der Waals surface area contributed by atoms with Gasteiger partial charge in [-0.2, -0.15) is 0 Å². The van der Waals surface area contributed by atoms with Crippen LogP contribution in [0.5, 0.6) is 23.5 Å². The first-order chi connectivity index (χ1) is 14.4. The third-order valence-electron chi connectivity index (χ3n) is 3.69. The molecule has 30 heavy (non-hydrogen) atoms. The van der Waals surface area contributed by atoms with Gasteiger partial charge in [-0.05, 0) is 12.8 Å². The molecule has 0 radical (unpaired) electrons. The lowest BCUT2D eigenvalue weighted by Crippen LogP contribution is -2.19. The van der Waals surface area contributed by atoms with Crippen LogP contribution in [-0.4, -0.2) is 68.3 Å². The van der Waals surface area contributed by atoms with E-state index in [9.17, 15) is 30.0 Å². The normalized spacial score (nSPS) is 10.8. The maximum absolute atomic E-state index is 11.6. The summed E-state index contributed by atoms with van der Waals surface area (Å²) in [5.41, 5.74) is 0. The number of hydrogen-bond donors (Lipinski definition) is 4. The van der Waals surface area contributed by atoms with Gasteiger partial charge in [-0.3, -0.25) is 0 Å². The number of nitrogens with zero attached hydrogens (tertiary/aromatic N) is 2. The Balaban J connectivity index is 1.43. The summed E-state index contributed by atoms with van der Waals surface area (Å²) in [4.78, 5) is 32.8. The highest BCUT2D eigenvalue weighted by Crippen LogP contribution is 2.19. The third-order valence-corrected chi connectivity index (χ3v) is 3.69. The minimum atomic E-state index is -0.634. The van der Waals surface area contributed by atoms with Crippen molar-refractivity contribution >= 4 is 11.9 Å². The van der Waals surface area contributed by atoms with Crippen molar-refractivity contribution in [2.75, 3.05) is 26.4 Å². The fraction of sp³-hybridized carbons (Fsp3) is 0.444. The van der Waals surface area contributed by atoms with Crippen molar-refractivity contribution in [2.24, 2.45) is 0 Å². The Morgan fingerprint density at radius 1 is 0.633 bits per heavy atom. The van der Waals surface area contributed by atoms with E-state index in [4.69, 9.17) is 19.1 Å². The zero-order valence-electron chi connectivity index (χ0n) is 16.1. The van der Waals surface area contributed by atoms with Gasteiger partial charge in [0, 0.05) is 37.5 Å². The average Bonchev–Trinajstić information content (AvgIpc) is 3.19. The van der Waals surface area contributed by atoms with Crippen LogP contribution in [0.15, 0.2) is 24.3 Å². The quantitative estimate of drug-likeness (QED) is 0.327. The van der Waals surface area contributed by atoms with Gasteiger partial charge in [0.25, 0.3) is 0 Å². The standard InChI is InChI=1S/C18H24N2O10/c21-13-5-6-14(22)19(13)29-17(25)3-1-9-27-11-12-28-10-2-4-18(26)30-20-15(23)7-8-16(20)24/h5-8,21-24H,1-4,9-12H2. The van der Waals surface area contributed by atoms with E-state index in [1.807, 2.05) is 0 Å². The van der Waals surface area contributed by atoms with Crippen molar-refractivity contribution in [2.45, 2.75) is 25.7 Å². The van der Waals surface area contributed by atoms with E-state index in [2.05, 4.69) is 0 Å². The first-order valence-electron chi connectivity index (χ1n) is 9.15. The Hall–Kier alpha value is -3.38. The molecular formula is C18H24N2O10. The molecule has 0 atom stereocenters. The average molecular weight is 428 g/mol. The first kappa shape index (κ1) is 22.9. The van der Waals surface area contributed by atoms with Gasteiger partial charge >= 0.3 is 11.9 Å². The molecule has 0 spiro atoms. The lowest BCUT2D eigenvalue weighted by molar-refractivity contribution is -0.146. The van der Waals surface area contributed by atoms with E-state index in [1.165, 1.54) is 24.3 Å². The molecule has 2 aromatic rings. The predicted octanol–water partition coefficient (Wildman–Crippen LogP) is 0.316. The van der Waals surface area contributed by atoms with Crippen molar-refractivity contribution in [1.29, 1.82) is 0 Å². The molecule has 0 saturated carbocycles. The molecule has 0 aromatic carbocycles. The van der Waals surface area contributed by atoms with Crippen LogP contribution in [0.1, 0.15) is 25.7 Å². The van der Waals surface area contributed by atoms with E-state index >= 15 is 0 Å². The molecule has 0 aliphatic heterocycles. The van der Waals surface area contributed by atoms with Crippen molar-refractivity contribution in [1.82, 2.24) is 9.46 Å². The molecule has 166 valence electrons. The Labute approximate surface area is 171 Å². The molecule has 0 amide bonds. The van der Waals surface area contributed by atoms with E-state index in [0.717, 1.165) is 0 Å². The van der Waals surface area contributed by atoms with Gasteiger partial charge in [-0.1, -0.05) is 0 Å². The number of aromatic nitrogens is 2. The molecule has 2 aromatic heterocycles. The number of carbonyl (C=O) groups excluding carboxylic acids is 2. The maximum Gasteiger partial charge on any atom is 0.333 e. The van der Waals surface area contributed by atoms with Crippen molar-refractivity contribution < 1.29 is 49.2 Å². The Kier molecular flexibility index (Phi) is 8.84. The van der Waals surface area contributed by atoms with Crippen LogP contribution in [0.25, 0.3) is 0 Å². The van der Waals surface area contributed by atoms with Crippen LogP contribution in [-0.2, 0) is 19.1 Å². The van der Waals surface area contributed by atoms with Crippen LogP contribution in [0.4, 0.5) is 0 Å². The maximum atomic E-state index is 11.6. The van der Waals surface area contributed by atoms with Crippen LogP contribution < -0.4 is 9.68 Å². The van der Waals surface area contributed by atoms with Crippen LogP contribution >= 0.6 is 0 Å². The molecule has 0 unspecified atom stereocenters. The van der Waals surface area contributed by atoms with Crippen molar-refractivity contribution in [3.8, 4) is 23.5 Å². The highest BCUT2D eigenvalue weighted by Gasteiger charge is 2.13. The number of rotatable bonds is 13. The first-order valence-corrected chi connectivity index (χ1v) is 9.15. The van der Waals surface area contributed by atoms with Gasteiger partial charge in [0.2, 0.25) is 23.5 Å². The number of carbonyl (C=O) groups is 2. The molecule has 0 bridgehead atoms. The smallest absolute Gasteiger partial charge is 0.333 e. The summed E-state index contributed by atoms with van der Waals surface area (Å²) >= 11 is 0. The molecule has 0 aliphatic rings. The summed E-state index contributed by atoms with van der Waals surface area (Å²) < 4.78 is 11.8. The second-order valence-electron chi connectivity index (χ2n) is 6.05. The van der Waals surface area contributed by atoms with Crippen LogP contribution in [0.2, 0.25) is 0 Å². The topological polar surface area (TPSA) is 162 Å². The molecule has 2 rings (SSSR count). The molecule has 0 aliphatic carbocycles. The minimum Gasteiger partial charge on any atom is -0.492 e. The SMILES string of the molecule is O=C(CCCOCCOCCCC(=O)On1c(O)ccc1O)On1c(O)ccc1O. The second kappa shape index (κ2) is 11.6. The number of aromatic hydroxyl groups is 4. The van der Waals surface area contributed by atoms with Crippen molar-refractivity contribution in [3.63, 3.8) is 0 Å². The highest BCUT2D eigenvalue weighted by molar-refractivity contribution is 5.70. The molecule has 2 heterocycles. The fourth-order valence-electron chi connectivity index (χ4n) is 2.24. The highest BCUT2D eigenvalue weighted by atomic mass is 16.7. The van der Waals surface area contributed by atoms with Gasteiger partial charge in [0.1, 0.15) is 0 Å². The van der Waals surface area contributed by atoms with Gasteiger partial charge in [0.15, 0.2) is 0 Å². The molecule has 0 saturated heterocycles. The van der Waals surface area contributed by atoms with Crippen molar-refractivity contribution in [3.05, 3.63) is 24.3 Å². The monoisotopic (exact) mass is 428 g/mol. The number of hydrogen-bond acceptors (Lipinski definition) is 10. The summed E-state index contributed by atoms with van der Waals surface area (Å²) in [7, 11) is 0. The van der Waals surface area contributed by atoms with Crippen LogP contribution in [0.3, 0.4) is 0 Å². The van der Waals surface area contributed by atoms with E-state index in [1.54, 1.807) is 0 Å². The van der Waals surface area contributed by atoms with E-state index in [-0.39, 0.29) is 49.6 Å². The van der Waals surface area contributed by atoms with Gasteiger partial charge in [0.05, 0.1) is 26.1 Å². The fourth-order valence-corrected chi connectivity index (χ4v) is 2.24. The molecule has 4 N–H and O–H groups in total. The molecular weight excluding hydrogens is 404 g/mol. The third kappa shape index (κ3) is 7.22. The van der Waals surface area contributed by atoms with E-state index in [0.29, 0.717) is 35.5 Å². The molecule has 12 heteroatoms. The molecule has 12 nitrogen and oxygen atoms in total. The summed E-state index contributed by atoms with van der Waals surface area (Å²) in [6.45, 7) is 1.17. The van der Waals surface area contributed by atoms with Gasteiger partial charge in [-0.25, -0.2) is 9.59 Å². The van der Waals surface area contributed by atoms with Gasteiger partial charge in [-0.15, -0.1) is 9.46 Å². The summed E-state index contributed by atoms with van der Waals surface area (Å²) in [5, 5.41) is 37.4. The second-order valence-corrected chi connectivity index (χ2v) is 6.05. The summed E-state index contributed by atoms with van der Waals surface area (Å²) in [6, 6.07) is 4.75. The lowest BCUT2D eigenvalue weighted by atomic mass is 10.3. The largest absolute Gasteiger partial charge is 0.492 e. The minimum absolute atomic E-state index is 0.0343. The van der Waals surface area contributed by atoms with Crippen LogP contribution in [0, 0.1) is 0 Å². The zero-order chi connectivity index (χ0) is 21.9. The number of ether oxygens (including phenoxy) is 2. The Bertz CT molecular complexity index is 722. The summed E-state index contributed by atoms with van der Waals surface area (Å²) in [6.07, 6.45) is 0.832. The summed E-state index contributed by atoms with van der Waals surface area (Å²) in [5.74, 6) is -2.81. The predicted molar refractivity (Wildman–Crippen MR) is 98.8 cm³/mol.